The summed E-state index contributed by atoms with van der Waals surface area (Å²) >= 11 is 0. The molecule has 23 heavy (non-hydrogen) atoms. The van der Waals surface area contributed by atoms with Crippen LogP contribution in [-0.4, -0.2) is 42.1 Å². The fraction of sp³-hybridized carbons (Fsp3) is 0.632. The molecule has 2 aliphatic heterocycles. The molecule has 0 unspecified atom stereocenters. The number of benzene rings is 1. The molecule has 1 aromatic carbocycles. The molecule has 1 aromatic rings. The van der Waals surface area contributed by atoms with E-state index in [2.05, 4.69) is 11.0 Å². The van der Waals surface area contributed by atoms with E-state index >= 15 is 0 Å². The van der Waals surface area contributed by atoms with Crippen molar-refractivity contribution in [1.82, 2.24) is 4.90 Å². The molecule has 0 saturated carbocycles. The van der Waals surface area contributed by atoms with Crippen molar-refractivity contribution in [2.45, 2.75) is 51.6 Å². The first-order valence-electron chi connectivity index (χ1n) is 9.02. The van der Waals surface area contributed by atoms with Gasteiger partial charge in [0.25, 0.3) is 0 Å². The van der Waals surface area contributed by atoms with Gasteiger partial charge in [-0.25, -0.2) is 0 Å². The predicted octanol–water partition coefficient (Wildman–Crippen LogP) is 2.90. The molecule has 0 radical (unpaired) electrons. The minimum Gasteiger partial charge on any atom is -0.387 e. The van der Waals surface area contributed by atoms with Crippen LogP contribution in [0, 0.1) is 0 Å². The van der Waals surface area contributed by atoms with Gasteiger partial charge in [-0.15, -0.1) is 0 Å². The Hall–Kier alpha value is -1.39. The average Bonchev–Trinajstić information content (AvgIpc) is 2.60. The Morgan fingerprint density at radius 2 is 1.96 bits per heavy atom. The summed E-state index contributed by atoms with van der Waals surface area (Å²) in [5.41, 5.74) is 3.23. The molecule has 1 amide bonds. The number of fused-ring (bicyclic) bond motifs is 1. The molecule has 0 aliphatic carbocycles. The zero-order valence-electron chi connectivity index (χ0n) is 14.1. The van der Waals surface area contributed by atoms with E-state index in [1.165, 1.54) is 24.8 Å². The smallest absolute Gasteiger partial charge is 0.226 e. The highest BCUT2D eigenvalue weighted by molar-refractivity contribution is 5.94. The van der Waals surface area contributed by atoms with Crippen LogP contribution in [0.25, 0.3) is 0 Å². The molecule has 4 heteroatoms. The summed E-state index contributed by atoms with van der Waals surface area (Å²) in [4.78, 5) is 16.3. The summed E-state index contributed by atoms with van der Waals surface area (Å²) in [6, 6.07) is 6.13. The summed E-state index contributed by atoms with van der Waals surface area (Å²) in [5.74, 6) is 0.188. The maximum atomic E-state index is 12.1. The van der Waals surface area contributed by atoms with Gasteiger partial charge in [0.1, 0.15) is 0 Å². The largest absolute Gasteiger partial charge is 0.387 e. The minimum absolute atomic E-state index is 0.188. The van der Waals surface area contributed by atoms with Gasteiger partial charge in [-0.1, -0.05) is 25.5 Å². The van der Waals surface area contributed by atoms with Crippen molar-refractivity contribution in [1.29, 1.82) is 0 Å². The zero-order valence-corrected chi connectivity index (χ0v) is 14.1. The number of aryl methyl sites for hydroxylation is 1. The number of amides is 1. The number of nitrogens with zero attached hydrogens (tertiary/aromatic N) is 2. The van der Waals surface area contributed by atoms with Gasteiger partial charge in [0.2, 0.25) is 5.91 Å². The Morgan fingerprint density at radius 3 is 2.70 bits per heavy atom. The lowest BCUT2D eigenvalue weighted by molar-refractivity contribution is -0.118. The fourth-order valence-corrected chi connectivity index (χ4v) is 3.77. The zero-order chi connectivity index (χ0) is 16.2. The van der Waals surface area contributed by atoms with Gasteiger partial charge in [0.15, 0.2) is 0 Å². The molecule has 4 nitrogen and oxygen atoms in total. The maximum absolute atomic E-state index is 12.1. The third-order valence-corrected chi connectivity index (χ3v) is 5.09. The Kier molecular flexibility index (Phi) is 5.34. The quantitative estimate of drug-likeness (QED) is 0.929. The van der Waals surface area contributed by atoms with Gasteiger partial charge in [-0.05, 0) is 56.0 Å². The van der Waals surface area contributed by atoms with Crippen LogP contribution in [0.15, 0.2) is 18.2 Å². The number of hydrogen-bond acceptors (Lipinski definition) is 3. The van der Waals surface area contributed by atoms with Crippen molar-refractivity contribution < 1.29 is 9.90 Å². The number of aliphatic hydroxyl groups excluding tert-OH is 1. The standard InChI is InChI=1S/C19H28N2O2/c1-2-19(23)21-12-6-7-15-13-16(8-9-17(15)21)18(22)14-20-10-4-3-5-11-20/h8-9,13,18,22H,2-7,10-12,14H2,1H3/t18-/m0/s1. The third kappa shape index (κ3) is 3.75. The predicted molar refractivity (Wildman–Crippen MR) is 92.7 cm³/mol. The van der Waals surface area contributed by atoms with Crippen LogP contribution in [0.4, 0.5) is 5.69 Å². The first kappa shape index (κ1) is 16.5. The number of likely N-dealkylation sites (tertiary alicyclic amines) is 1. The van der Waals surface area contributed by atoms with Gasteiger partial charge < -0.3 is 14.9 Å². The van der Waals surface area contributed by atoms with E-state index in [1.54, 1.807) is 0 Å². The minimum atomic E-state index is -0.435. The number of piperidine rings is 1. The van der Waals surface area contributed by atoms with Crippen molar-refractivity contribution in [3.8, 4) is 0 Å². The Labute approximate surface area is 139 Å². The Morgan fingerprint density at radius 1 is 1.17 bits per heavy atom. The first-order chi connectivity index (χ1) is 11.2. The topological polar surface area (TPSA) is 43.8 Å². The normalized spacial score (nSPS) is 20.2. The van der Waals surface area contributed by atoms with Crippen molar-refractivity contribution in [2.24, 2.45) is 0 Å². The molecule has 0 bridgehead atoms. The molecule has 1 saturated heterocycles. The molecule has 1 N–H and O–H groups in total. The average molecular weight is 316 g/mol. The summed E-state index contributed by atoms with van der Waals surface area (Å²) in [5, 5.41) is 10.6. The van der Waals surface area contributed by atoms with Crippen molar-refractivity contribution in [3.05, 3.63) is 29.3 Å². The monoisotopic (exact) mass is 316 g/mol. The second-order valence-electron chi connectivity index (χ2n) is 6.77. The molecule has 126 valence electrons. The van der Waals surface area contributed by atoms with Gasteiger partial charge in [0, 0.05) is 25.2 Å². The maximum Gasteiger partial charge on any atom is 0.226 e. The Balaban J connectivity index is 1.73. The molecule has 0 spiro atoms. The van der Waals surface area contributed by atoms with Crippen molar-refractivity contribution in [3.63, 3.8) is 0 Å². The van der Waals surface area contributed by atoms with E-state index in [1.807, 2.05) is 24.0 Å². The van der Waals surface area contributed by atoms with Crippen LogP contribution in [0.2, 0.25) is 0 Å². The fourth-order valence-electron chi connectivity index (χ4n) is 3.77. The number of β-amino-alcohol motifs (C(OH)–C–C–N with tert-alkyl or cyclic N) is 1. The number of carbonyl (C=O) groups excluding carboxylic acids is 1. The second-order valence-corrected chi connectivity index (χ2v) is 6.77. The van der Waals surface area contributed by atoms with Gasteiger partial charge in [0.05, 0.1) is 6.10 Å². The summed E-state index contributed by atoms with van der Waals surface area (Å²) in [6.45, 7) is 5.64. The molecule has 0 aromatic heterocycles. The molecular weight excluding hydrogens is 288 g/mol. The van der Waals surface area contributed by atoms with E-state index in [0.717, 1.165) is 50.3 Å². The molecule has 1 fully saturated rings. The highest BCUT2D eigenvalue weighted by Crippen LogP contribution is 2.30. The van der Waals surface area contributed by atoms with E-state index in [9.17, 15) is 9.90 Å². The summed E-state index contributed by atoms with van der Waals surface area (Å²) in [7, 11) is 0. The van der Waals surface area contributed by atoms with Crippen LogP contribution < -0.4 is 4.90 Å². The highest BCUT2D eigenvalue weighted by atomic mass is 16.3. The summed E-state index contributed by atoms with van der Waals surface area (Å²) < 4.78 is 0. The van der Waals surface area contributed by atoms with Gasteiger partial charge >= 0.3 is 0 Å². The van der Waals surface area contributed by atoms with E-state index in [0.29, 0.717) is 6.42 Å². The van der Waals surface area contributed by atoms with Crippen LogP contribution >= 0.6 is 0 Å². The van der Waals surface area contributed by atoms with Crippen LogP contribution in [0.1, 0.15) is 56.3 Å². The van der Waals surface area contributed by atoms with Crippen LogP contribution in [0.3, 0.4) is 0 Å². The van der Waals surface area contributed by atoms with Gasteiger partial charge in [-0.2, -0.15) is 0 Å². The lowest BCUT2D eigenvalue weighted by Gasteiger charge is -2.31. The number of hydrogen-bond donors (Lipinski definition) is 1. The lowest BCUT2D eigenvalue weighted by Crippen LogP contribution is -2.35. The van der Waals surface area contributed by atoms with E-state index in [-0.39, 0.29) is 5.91 Å². The van der Waals surface area contributed by atoms with E-state index in [4.69, 9.17) is 0 Å². The number of rotatable bonds is 4. The van der Waals surface area contributed by atoms with Crippen molar-refractivity contribution in [2.75, 3.05) is 31.1 Å². The number of anilines is 1. The molecule has 2 heterocycles. The molecule has 3 rings (SSSR count). The van der Waals surface area contributed by atoms with Crippen LogP contribution in [-0.2, 0) is 11.2 Å². The summed E-state index contributed by atoms with van der Waals surface area (Å²) in [6.07, 6.45) is 5.90. The van der Waals surface area contributed by atoms with Crippen molar-refractivity contribution >= 4 is 11.6 Å². The molecule has 2 aliphatic rings. The second kappa shape index (κ2) is 7.45. The lowest BCUT2D eigenvalue weighted by atomic mass is 9.96. The third-order valence-electron chi connectivity index (χ3n) is 5.09. The first-order valence-corrected chi connectivity index (χ1v) is 9.02. The van der Waals surface area contributed by atoms with Crippen LogP contribution in [0.5, 0.6) is 0 Å². The molecule has 1 atom stereocenters. The molecular formula is C19H28N2O2. The van der Waals surface area contributed by atoms with Gasteiger partial charge in [-0.3, -0.25) is 4.79 Å². The Bertz CT molecular complexity index is 552. The number of carbonyl (C=O) groups is 1. The number of aliphatic hydroxyl groups is 1. The SMILES string of the molecule is CCC(=O)N1CCCc2cc([C@@H](O)CN3CCCCC3)ccc21. The highest BCUT2D eigenvalue weighted by Gasteiger charge is 2.23. The van der Waals surface area contributed by atoms with E-state index < -0.39 is 6.10 Å².